The second-order valence-corrected chi connectivity index (χ2v) is 4.89. The predicted octanol–water partition coefficient (Wildman–Crippen LogP) is 1.53. The molecule has 0 aliphatic heterocycles. The molecule has 94 valence electrons. The molecule has 0 spiro atoms. The van der Waals surface area contributed by atoms with Crippen LogP contribution in [0.25, 0.3) is 0 Å². The highest BCUT2D eigenvalue weighted by Crippen LogP contribution is 2.15. The zero-order valence-electron chi connectivity index (χ0n) is 10.4. The van der Waals surface area contributed by atoms with Gasteiger partial charge in [-0.1, -0.05) is 18.2 Å². The maximum Gasteiger partial charge on any atom is 0.220 e. The number of aromatic hydroxyl groups is 1. The van der Waals surface area contributed by atoms with Crippen molar-refractivity contribution in [2.24, 2.45) is 5.73 Å². The van der Waals surface area contributed by atoms with Crippen molar-refractivity contribution < 1.29 is 9.90 Å². The number of rotatable bonds is 5. The zero-order valence-corrected chi connectivity index (χ0v) is 10.4. The first-order valence-electron chi connectivity index (χ1n) is 5.71. The molecule has 17 heavy (non-hydrogen) atoms. The average molecular weight is 236 g/mol. The van der Waals surface area contributed by atoms with Crippen LogP contribution in [0.5, 0.6) is 5.75 Å². The average Bonchev–Trinajstić information content (AvgIpc) is 2.24. The Kier molecular flexibility index (Phi) is 4.52. The molecule has 0 aliphatic rings. The van der Waals surface area contributed by atoms with Gasteiger partial charge in [0.05, 0.1) is 0 Å². The molecule has 0 fully saturated rings. The maximum absolute atomic E-state index is 11.5. The van der Waals surface area contributed by atoms with Gasteiger partial charge in [-0.05, 0) is 26.3 Å². The van der Waals surface area contributed by atoms with Crippen LogP contribution >= 0.6 is 0 Å². The van der Waals surface area contributed by atoms with Crippen LogP contribution in [-0.4, -0.2) is 16.6 Å². The maximum atomic E-state index is 11.5. The Morgan fingerprint density at radius 3 is 2.65 bits per heavy atom. The Morgan fingerprint density at radius 2 is 2.06 bits per heavy atom. The number of nitrogens with one attached hydrogen (secondary N) is 1. The predicted molar refractivity (Wildman–Crippen MR) is 67.5 cm³/mol. The summed E-state index contributed by atoms with van der Waals surface area (Å²) in [7, 11) is 0. The number of phenolic OH excluding ortho intramolecular Hbond substituents is 1. The minimum Gasteiger partial charge on any atom is -0.508 e. The number of nitrogens with two attached hydrogens (primary N) is 1. The normalized spacial score (nSPS) is 11.2. The molecule has 0 atom stereocenters. The smallest absolute Gasteiger partial charge is 0.220 e. The summed E-state index contributed by atoms with van der Waals surface area (Å²) in [5, 5.41) is 12.3. The number of carbonyl (C=O) groups excluding carboxylic acids is 1. The molecule has 0 saturated carbocycles. The summed E-state index contributed by atoms with van der Waals surface area (Å²) < 4.78 is 0. The molecule has 0 aliphatic carbocycles. The molecule has 1 amide bonds. The third kappa shape index (κ3) is 5.36. The number of hydrogen-bond donors (Lipinski definition) is 3. The molecule has 4 heteroatoms. The Morgan fingerprint density at radius 1 is 1.41 bits per heavy atom. The van der Waals surface area contributed by atoms with Crippen molar-refractivity contribution in [3.63, 3.8) is 0 Å². The van der Waals surface area contributed by atoms with E-state index < -0.39 is 0 Å². The monoisotopic (exact) mass is 236 g/mol. The van der Waals surface area contributed by atoms with E-state index in [9.17, 15) is 9.90 Å². The molecule has 0 aromatic heterocycles. The number of amides is 1. The van der Waals surface area contributed by atoms with Crippen molar-refractivity contribution in [1.82, 2.24) is 5.32 Å². The highest BCUT2D eigenvalue weighted by Gasteiger charge is 2.13. The second-order valence-electron chi connectivity index (χ2n) is 4.89. The van der Waals surface area contributed by atoms with Gasteiger partial charge in [-0.25, -0.2) is 0 Å². The lowest BCUT2D eigenvalue weighted by atomic mass is 10.00. The summed E-state index contributed by atoms with van der Waals surface area (Å²) in [5.41, 5.74) is 6.18. The van der Waals surface area contributed by atoms with Gasteiger partial charge in [0.25, 0.3) is 0 Å². The van der Waals surface area contributed by atoms with Gasteiger partial charge in [-0.15, -0.1) is 0 Å². The van der Waals surface area contributed by atoms with Gasteiger partial charge in [0, 0.05) is 24.1 Å². The molecule has 0 heterocycles. The first-order chi connectivity index (χ1) is 7.88. The molecule has 1 aromatic carbocycles. The topological polar surface area (TPSA) is 75.4 Å². The van der Waals surface area contributed by atoms with Gasteiger partial charge in [-0.3, -0.25) is 4.79 Å². The van der Waals surface area contributed by atoms with Gasteiger partial charge in [0.1, 0.15) is 5.75 Å². The van der Waals surface area contributed by atoms with Gasteiger partial charge >= 0.3 is 0 Å². The van der Waals surface area contributed by atoms with Crippen LogP contribution in [0.15, 0.2) is 24.3 Å². The fourth-order valence-corrected chi connectivity index (χ4v) is 1.38. The quantitative estimate of drug-likeness (QED) is 0.725. The van der Waals surface area contributed by atoms with Gasteiger partial charge in [0.2, 0.25) is 5.91 Å². The van der Waals surface area contributed by atoms with Gasteiger partial charge < -0.3 is 16.2 Å². The van der Waals surface area contributed by atoms with Crippen molar-refractivity contribution in [3.05, 3.63) is 29.8 Å². The van der Waals surface area contributed by atoms with E-state index in [0.717, 1.165) is 0 Å². The summed E-state index contributed by atoms with van der Waals surface area (Å²) in [4.78, 5) is 11.5. The van der Waals surface area contributed by atoms with E-state index in [2.05, 4.69) is 5.32 Å². The highest BCUT2D eigenvalue weighted by molar-refractivity contribution is 5.76. The van der Waals surface area contributed by atoms with Gasteiger partial charge in [0.15, 0.2) is 0 Å². The van der Waals surface area contributed by atoms with E-state index in [1.165, 1.54) is 0 Å². The zero-order chi connectivity index (χ0) is 12.9. The summed E-state index contributed by atoms with van der Waals surface area (Å²) in [6.07, 6.45) is 1.04. The molecule has 4 N–H and O–H groups in total. The number of para-hydroxylation sites is 1. The van der Waals surface area contributed by atoms with Crippen LogP contribution in [0.1, 0.15) is 32.3 Å². The third-order valence-corrected chi connectivity index (χ3v) is 2.46. The third-order valence-electron chi connectivity index (χ3n) is 2.46. The fraction of sp³-hybridized carbons (Fsp3) is 0.462. The van der Waals surface area contributed by atoms with Crippen LogP contribution < -0.4 is 11.1 Å². The summed E-state index contributed by atoms with van der Waals surface area (Å²) in [6.45, 7) is 4.13. The van der Waals surface area contributed by atoms with Gasteiger partial charge in [-0.2, -0.15) is 0 Å². The minimum absolute atomic E-state index is 0.0493. The van der Waals surface area contributed by atoms with E-state index in [0.29, 0.717) is 24.9 Å². The fourth-order valence-electron chi connectivity index (χ4n) is 1.38. The molecule has 1 aromatic rings. The number of benzene rings is 1. The van der Waals surface area contributed by atoms with Crippen LogP contribution in [0.3, 0.4) is 0 Å². The molecule has 0 unspecified atom stereocenters. The Labute approximate surface area is 102 Å². The standard InChI is InChI=1S/C13H20N2O2/c1-13(2,14)8-7-12(17)15-9-10-5-3-4-6-11(10)16/h3-6,16H,7-9,14H2,1-2H3,(H,15,17). The SMILES string of the molecule is CC(C)(N)CCC(=O)NCc1ccccc1O. The van der Waals surface area contributed by atoms with E-state index in [1.54, 1.807) is 18.2 Å². The van der Waals surface area contributed by atoms with Crippen molar-refractivity contribution in [1.29, 1.82) is 0 Å². The molecular formula is C13H20N2O2. The van der Waals surface area contributed by atoms with E-state index in [1.807, 2.05) is 19.9 Å². The summed E-state index contributed by atoms with van der Waals surface area (Å²) in [5.74, 6) is 0.152. The van der Waals surface area contributed by atoms with E-state index in [-0.39, 0.29) is 17.2 Å². The molecule has 0 saturated heterocycles. The molecule has 1 rings (SSSR count). The second kappa shape index (κ2) is 5.68. The van der Waals surface area contributed by atoms with Crippen molar-refractivity contribution in [2.45, 2.75) is 38.8 Å². The number of phenols is 1. The first kappa shape index (κ1) is 13.5. The number of carbonyl (C=O) groups is 1. The van der Waals surface area contributed by atoms with Crippen LogP contribution in [0, 0.1) is 0 Å². The Hall–Kier alpha value is -1.55. The lowest BCUT2D eigenvalue weighted by Crippen LogP contribution is -2.34. The summed E-state index contributed by atoms with van der Waals surface area (Å²) in [6, 6.07) is 6.95. The van der Waals surface area contributed by atoms with Crippen molar-refractivity contribution >= 4 is 5.91 Å². The van der Waals surface area contributed by atoms with Crippen molar-refractivity contribution in [3.8, 4) is 5.75 Å². The first-order valence-corrected chi connectivity index (χ1v) is 5.71. The van der Waals surface area contributed by atoms with E-state index >= 15 is 0 Å². The lowest BCUT2D eigenvalue weighted by molar-refractivity contribution is -0.121. The van der Waals surface area contributed by atoms with Crippen LogP contribution in [-0.2, 0) is 11.3 Å². The number of hydrogen-bond acceptors (Lipinski definition) is 3. The summed E-state index contributed by atoms with van der Waals surface area (Å²) >= 11 is 0. The van der Waals surface area contributed by atoms with E-state index in [4.69, 9.17) is 5.73 Å². The van der Waals surface area contributed by atoms with Crippen molar-refractivity contribution in [2.75, 3.05) is 0 Å². The highest BCUT2D eigenvalue weighted by atomic mass is 16.3. The lowest BCUT2D eigenvalue weighted by Gasteiger charge is -2.17. The molecule has 0 radical (unpaired) electrons. The Balaban J connectivity index is 2.36. The minimum atomic E-state index is -0.327. The molecule has 4 nitrogen and oxygen atoms in total. The Bertz CT molecular complexity index is 383. The molecular weight excluding hydrogens is 216 g/mol. The van der Waals surface area contributed by atoms with Crippen LogP contribution in [0.2, 0.25) is 0 Å². The molecule has 0 bridgehead atoms. The largest absolute Gasteiger partial charge is 0.508 e. The van der Waals surface area contributed by atoms with Crippen LogP contribution in [0.4, 0.5) is 0 Å².